The highest BCUT2D eigenvalue weighted by atomic mass is 16.5. The summed E-state index contributed by atoms with van der Waals surface area (Å²) in [7, 11) is 3.51. The van der Waals surface area contributed by atoms with E-state index in [1.165, 1.54) is 31.3 Å². The van der Waals surface area contributed by atoms with Crippen molar-refractivity contribution >= 4 is 5.76 Å². The molecule has 108 valence electrons. The van der Waals surface area contributed by atoms with Crippen molar-refractivity contribution in [3.8, 4) is 5.75 Å². The number of ether oxygens (including phenoxy) is 2. The standard InChI is InChI=1S/C18H24O2/c1-17(8-9-17)16(18(2)10-11-18)15(20-4)13-6-5-7-14(12-13)19-3/h5-7,12H,8-11H2,1-4H3. The van der Waals surface area contributed by atoms with Crippen molar-refractivity contribution in [3.63, 3.8) is 0 Å². The average molecular weight is 272 g/mol. The van der Waals surface area contributed by atoms with Crippen molar-refractivity contribution in [2.45, 2.75) is 39.5 Å². The fourth-order valence-corrected chi connectivity index (χ4v) is 3.28. The van der Waals surface area contributed by atoms with Crippen molar-refractivity contribution in [1.29, 1.82) is 0 Å². The molecule has 0 bridgehead atoms. The van der Waals surface area contributed by atoms with E-state index in [1.54, 1.807) is 14.2 Å². The Hall–Kier alpha value is -1.44. The first kappa shape index (κ1) is 13.5. The lowest BCUT2D eigenvalue weighted by Crippen LogP contribution is -2.13. The van der Waals surface area contributed by atoms with Gasteiger partial charge in [-0.05, 0) is 54.2 Å². The van der Waals surface area contributed by atoms with E-state index in [-0.39, 0.29) is 0 Å². The second-order valence-electron chi connectivity index (χ2n) is 6.76. The molecular formula is C18H24O2. The summed E-state index contributed by atoms with van der Waals surface area (Å²) in [6.07, 6.45) is 5.15. The highest BCUT2D eigenvalue weighted by molar-refractivity contribution is 5.68. The molecule has 2 fully saturated rings. The summed E-state index contributed by atoms with van der Waals surface area (Å²) in [6.45, 7) is 4.76. The molecule has 0 saturated heterocycles. The molecule has 1 aromatic rings. The zero-order valence-electron chi connectivity index (χ0n) is 13.0. The lowest BCUT2D eigenvalue weighted by molar-refractivity contribution is 0.350. The number of rotatable bonds is 5. The summed E-state index contributed by atoms with van der Waals surface area (Å²) in [4.78, 5) is 0. The van der Waals surface area contributed by atoms with Gasteiger partial charge in [-0.3, -0.25) is 0 Å². The van der Waals surface area contributed by atoms with E-state index < -0.39 is 0 Å². The molecule has 0 unspecified atom stereocenters. The van der Waals surface area contributed by atoms with Gasteiger partial charge in [-0.2, -0.15) is 0 Å². The number of allylic oxidation sites excluding steroid dienone is 1. The molecule has 2 aliphatic rings. The maximum absolute atomic E-state index is 5.86. The Morgan fingerprint density at radius 1 is 1.00 bits per heavy atom. The van der Waals surface area contributed by atoms with Crippen LogP contribution in [0.1, 0.15) is 45.1 Å². The van der Waals surface area contributed by atoms with Gasteiger partial charge in [0.05, 0.1) is 14.2 Å². The predicted molar refractivity (Wildman–Crippen MR) is 81.6 cm³/mol. The van der Waals surface area contributed by atoms with Crippen LogP contribution < -0.4 is 4.74 Å². The average Bonchev–Trinajstić information content (AvgIpc) is 3.36. The molecule has 3 rings (SSSR count). The molecule has 0 amide bonds. The first-order valence-corrected chi connectivity index (χ1v) is 7.46. The molecule has 2 saturated carbocycles. The zero-order valence-corrected chi connectivity index (χ0v) is 13.0. The Balaban J connectivity index is 2.11. The van der Waals surface area contributed by atoms with Crippen LogP contribution in [-0.4, -0.2) is 14.2 Å². The Bertz CT molecular complexity index is 528. The van der Waals surface area contributed by atoms with Crippen LogP contribution in [0.5, 0.6) is 5.75 Å². The maximum Gasteiger partial charge on any atom is 0.126 e. The molecule has 0 spiro atoms. The molecule has 20 heavy (non-hydrogen) atoms. The summed E-state index contributed by atoms with van der Waals surface area (Å²) in [6, 6.07) is 8.22. The molecule has 2 nitrogen and oxygen atoms in total. The molecule has 0 heterocycles. The highest BCUT2D eigenvalue weighted by Crippen LogP contribution is 2.66. The third-order valence-electron chi connectivity index (χ3n) is 4.97. The lowest BCUT2D eigenvalue weighted by Gasteiger charge is -2.25. The summed E-state index contributed by atoms with van der Waals surface area (Å²) < 4.78 is 11.2. The van der Waals surface area contributed by atoms with Crippen molar-refractivity contribution in [3.05, 3.63) is 35.4 Å². The molecule has 2 heteroatoms. The predicted octanol–water partition coefficient (Wildman–Crippen LogP) is 4.65. The van der Waals surface area contributed by atoms with Gasteiger partial charge in [0, 0.05) is 5.56 Å². The number of benzene rings is 1. The summed E-state index contributed by atoms with van der Waals surface area (Å²) in [5, 5.41) is 0. The minimum absolute atomic E-state index is 0.347. The van der Waals surface area contributed by atoms with Gasteiger partial charge in [0.25, 0.3) is 0 Å². The third-order valence-corrected chi connectivity index (χ3v) is 4.97. The van der Waals surface area contributed by atoms with Crippen LogP contribution in [0.2, 0.25) is 0 Å². The van der Waals surface area contributed by atoms with E-state index in [0.29, 0.717) is 10.8 Å². The van der Waals surface area contributed by atoms with Crippen molar-refractivity contribution < 1.29 is 9.47 Å². The quantitative estimate of drug-likeness (QED) is 0.726. The summed E-state index contributed by atoms with van der Waals surface area (Å²) in [5.41, 5.74) is 3.36. The van der Waals surface area contributed by atoms with Crippen molar-refractivity contribution in [2.75, 3.05) is 14.2 Å². The molecule has 1 aromatic carbocycles. The van der Waals surface area contributed by atoms with Gasteiger partial charge >= 0.3 is 0 Å². The topological polar surface area (TPSA) is 18.5 Å². The van der Waals surface area contributed by atoms with E-state index in [9.17, 15) is 0 Å². The van der Waals surface area contributed by atoms with E-state index in [2.05, 4.69) is 26.0 Å². The second-order valence-corrected chi connectivity index (χ2v) is 6.76. The fourth-order valence-electron chi connectivity index (χ4n) is 3.28. The minimum atomic E-state index is 0.347. The second kappa shape index (κ2) is 4.54. The molecule has 2 aliphatic carbocycles. The van der Waals surface area contributed by atoms with Crippen LogP contribution in [0.25, 0.3) is 5.76 Å². The van der Waals surface area contributed by atoms with Gasteiger partial charge in [-0.25, -0.2) is 0 Å². The van der Waals surface area contributed by atoms with Crippen molar-refractivity contribution in [2.24, 2.45) is 10.8 Å². The first-order valence-electron chi connectivity index (χ1n) is 7.46. The normalized spacial score (nSPS) is 21.0. The minimum Gasteiger partial charge on any atom is -0.497 e. The van der Waals surface area contributed by atoms with Gasteiger partial charge in [0.1, 0.15) is 11.5 Å². The third kappa shape index (κ3) is 2.21. The monoisotopic (exact) mass is 272 g/mol. The van der Waals surface area contributed by atoms with Crippen molar-refractivity contribution in [1.82, 2.24) is 0 Å². The van der Waals surface area contributed by atoms with Crippen LogP contribution >= 0.6 is 0 Å². The van der Waals surface area contributed by atoms with Gasteiger partial charge in [-0.1, -0.05) is 26.0 Å². The largest absolute Gasteiger partial charge is 0.497 e. The lowest BCUT2D eigenvalue weighted by atomic mass is 9.82. The number of hydrogen-bond donors (Lipinski definition) is 0. The Kier molecular flexibility index (Phi) is 3.07. The summed E-state index contributed by atoms with van der Waals surface area (Å²) in [5.74, 6) is 1.96. The molecule has 0 atom stereocenters. The van der Waals surface area contributed by atoms with Gasteiger partial charge in [0.15, 0.2) is 0 Å². The van der Waals surface area contributed by atoms with Gasteiger partial charge in [0.2, 0.25) is 0 Å². The number of hydrogen-bond acceptors (Lipinski definition) is 2. The van der Waals surface area contributed by atoms with E-state index >= 15 is 0 Å². The van der Waals surface area contributed by atoms with Crippen LogP contribution in [0, 0.1) is 10.8 Å². The smallest absolute Gasteiger partial charge is 0.126 e. The molecule has 0 aliphatic heterocycles. The van der Waals surface area contributed by atoms with Gasteiger partial charge in [-0.15, -0.1) is 0 Å². The van der Waals surface area contributed by atoms with Gasteiger partial charge < -0.3 is 9.47 Å². The zero-order chi connectivity index (χ0) is 14.4. The van der Waals surface area contributed by atoms with E-state index in [1.807, 2.05) is 12.1 Å². The molecule has 0 aromatic heterocycles. The van der Waals surface area contributed by atoms with Crippen LogP contribution in [-0.2, 0) is 4.74 Å². The number of methoxy groups -OCH3 is 2. The highest BCUT2D eigenvalue weighted by Gasteiger charge is 2.55. The van der Waals surface area contributed by atoms with Crippen LogP contribution in [0.3, 0.4) is 0 Å². The maximum atomic E-state index is 5.86. The Morgan fingerprint density at radius 2 is 1.60 bits per heavy atom. The van der Waals surface area contributed by atoms with E-state index in [0.717, 1.165) is 17.1 Å². The molecule has 0 radical (unpaired) electrons. The van der Waals surface area contributed by atoms with E-state index in [4.69, 9.17) is 9.47 Å². The van der Waals surface area contributed by atoms with Crippen LogP contribution in [0.4, 0.5) is 0 Å². The SMILES string of the molecule is COC(=C(C1(C)CC1)C1(C)CC1)c1cccc(OC)c1. The fraction of sp³-hybridized carbons (Fsp3) is 0.556. The summed E-state index contributed by atoms with van der Waals surface area (Å²) >= 11 is 0. The Morgan fingerprint density at radius 3 is 2.05 bits per heavy atom. The first-order chi connectivity index (χ1) is 9.52. The molecule has 0 N–H and O–H groups in total. The van der Waals surface area contributed by atoms with Crippen LogP contribution in [0.15, 0.2) is 29.8 Å². The molecular weight excluding hydrogens is 248 g/mol. The Labute approximate surface area is 121 Å².